The molecule has 0 amide bonds. The van der Waals surface area contributed by atoms with Crippen molar-refractivity contribution in [2.75, 3.05) is 39.6 Å². The Labute approximate surface area is 115 Å². The summed E-state index contributed by atoms with van der Waals surface area (Å²) < 4.78 is 14.6. The summed E-state index contributed by atoms with van der Waals surface area (Å²) in [6, 6.07) is 0. The number of rotatable bonds is 10. The predicted molar refractivity (Wildman–Crippen MR) is 69.6 cm³/mol. The molecule has 0 aliphatic rings. The van der Waals surface area contributed by atoms with Crippen LogP contribution in [0.2, 0.25) is 0 Å². The Kier molecular flexibility index (Phi) is 9.67. The number of carbonyl (C=O) groups is 1. The van der Waals surface area contributed by atoms with Gasteiger partial charge in [-0.2, -0.15) is 0 Å². The van der Waals surface area contributed by atoms with Crippen molar-refractivity contribution < 1.29 is 19.0 Å². The second-order valence-corrected chi connectivity index (χ2v) is 5.77. The molecule has 0 aliphatic carbocycles. The average Bonchev–Trinajstić information content (AvgIpc) is 2.30. The Bertz CT molecular complexity index is 287. The average molecular weight is 324 g/mol. The highest BCUT2D eigenvalue weighted by atomic mass is 79.9. The fourth-order valence-corrected chi connectivity index (χ4v) is 0.951. The van der Waals surface area contributed by atoms with Crippen molar-refractivity contribution in [3.05, 3.63) is 10.4 Å². The molecule has 0 saturated heterocycles. The van der Waals surface area contributed by atoms with E-state index in [0.717, 1.165) is 0 Å². The third-order valence-corrected chi connectivity index (χ3v) is 2.04. The Morgan fingerprint density at radius 1 is 1.22 bits per heavy atom. The SMILES string of the molecule is CC(C)(Br)C(=O)OCCOCCOCCN=[N+]=[N-]. The molecule has 7 nitrogen and oxygen atoms in total. The Hall–Kier alpha value is -0.820. The second kappa shape index (κ2) is 10.1. The van der Waals surface area contributed by atoms with Gasteiger partial charge in [-0.3, -0.25) is 4.79 Å². The van der Waals surface area contributed by atoms with Gasteiger partial charge in [-0.25, -0.2) is 0 Å². The first kappa shape index (κ1) is 17.2. The first-order chi connectivity index (χ1) is 8.48. The number of esters is 1. The number of nitrogens with zero attached hydrogens (tertiary/aromatic N) is 3. The van der Waals surface area contributed by atoms with Gasteiger partial charge in [0.15, 0.2) is 0 Å². The zero-order chi connectivity index (χ0) is 13.9. The molecule has 0 rings (SSSR count). The monoisotopic (exact) mass is 323 g/mol. The van der Waals surface area contributed by atoms with E-state index in [2.05, 4.69) is 26.0 Å². The summed E-state index contributed by atoms with van der Waals surface area (Å²) in [5.41, 5.74) is 8.00. The van der Waals surface area contributed by atoms with Gasteiger partial charge in [-0.1, -0.05) is 21.0 Å². The molecule has 0 bridgehead atoms. The van der Waals surface area contributed by atoms with Crippen LogP contribution in [0.3, 0.4) is 0 Å². The minimum absolute atomic E-state index is 0.215. The molecule has 0 atom stereocenters. The minimum Gasteiger partial charge on any atom is -0.462 e. The van der Waals surface area contributed by atoms with Gasteiger partial charge in [-0.05, 0) is 19.4 Å². The van der Waals surface area contributed by atoms with Crippen LogP contribution in [-0.4, -0.2) is 49.9 Å². The largest absolute Gasteiger partial charge is 0.462 e. The molecule has 0 unspecified atom stereocenters. The standard InChI is InChI=1S/C10H18BrN3O4/c1-10(2,11)9(15)18-8-7-17-6-5-16-4-3-13-14-12/h3-8H2,1-2H3. The number of carbonyl (C=O) groups excluding carboxylic acids is 1. The minimum atomic E-state index is -0.669. The van der Waals surface area contributed by atoms with E-state index in [4.69, 9.17) is 19.7 Å². The number of ether oxygens (including phenoxy) is 3. The first-order valence-electron chi connectivity index (χ1n) is 5.51. The van der Waals surface area contributed by atoms with Crippen molar-refractivity contribution in [1.82, 2.24) is 0 Å². The fraction of sp³-hybridized carbons (Fsp3) is 0.900. The summed E-state index contributed by atoms with van der Waals surface area (Å²) in [5.74, 6) is -0.322. The second-order valence-electron chi connectivity index (χ2n) is 3.79. The van der Waals surface area contributed by atoms with Gasteiger partial charge in [0.2, 0.25) is 0 Å². The molecule has 0 radical (unpaired) electrons. The van der Waals surface area contributed by atoms with Crippen LogP contribution in [-0.2, 0) is 19.0 Å². The van der Waals surface area contributed by atoms with E-state index >= 15 is 0 Å². The molecule has 0 saturated carbocycles. The number of hydrogen-bond acceptors (Lipinski definition) is 5. The van der Waals surface area contributed by atoms with Crippen LogP contribution >= 0.6 is 15.9 Å². The highest BCUT2D eigenvalue weighted by Crippen LogP contribution is 2.17. The molecule has 0 aromatic rings. The van der Waals surface area contributed by atoms with Gasteiger partial charge >= 0.3 is 5.97 Å². The molecule has 0 heterocycles. The van der Waals surface area contributed by atoms with E-state index in [0.29, 0.717) is 33.0 Å². The topological polar surface area (TPSA) is 93.5 Å². The van der Waals surface area contributed by atoms with Gasteiger partial charge in [0, 0.05) is 11.5 Å². The van der Waals surface area contributed by atoms with E-state index in [1.165, 1.54) is 0 Å². The fourth-order valence-electron chi connectivity index (χ4n) is 0.837. The summed E-state index contributed by atoms with van der Waals surface area (Å²) in [7, 11) is 0. The molecule has 104 valence electrons. The zero-order valence-electron chi connectivity index (χ0n) is 10.6. The molecular formula is C10H18BrN3O4. The number of halogens is 1. The molecule has 0 aliphatic heterocycles. The first-order valence-corrected chi connectivity index (χ1v) is 6.30. The van der Waals surface area contributed by atoms with Crippen LogP contribution in [0.25, 0.3) is 10.4 Å². The van der Waals surface area contributed by atoms with E-state index in [1.54, 1.807) is 13.8 Å². The molecule has 0 spiro atoms. The van der Waals surface area contributed by atoms with E-state index in [-0.39, 0.29) is 12.6 Å². The summed E-state index contributed by atoms with van der Waals surface area (Å²) in [6.45, 7) is 5.49. The highest BCUT2D eigenvalue weighted by molar-refractivity contribution is 9.10. The predicted octanol–water partition coefficient (Wildman–Crippen LogP) is 2.05. The summed E-state index contributed by atoms with van der Waals surface area (Å²) >= 11 is 3.20. The quantitative estimate of drug-likeness (QED) is 0.153. The molecule has 0 aromatic heterocycles. The third-order valence-electron chi connectivity index (χ3n) is 1.72. The van der Waals surface area contributed by atoms with Gasteiger partial charge in [0.1, 0.15) is 10.9 Å². The van der Waals surface area contributed by atoms with E-state index in [1.807, 2.05) is 0 Å². The van der Waals surface area contributed by atoms with Crippen LogP contribution in [0.1, 0.15) is 13.8 Å². The number of hydrogen-bond donors (Lipinski definition) is 0. The van der Waals surface area contributed by atoms with E-state index in [9.17, 15) is 4.79 Å². The van der Waals surface area contributed by atoms with Gasteiger partial charge in [0.05, 0.1) is 26.4 Å². The van der Waals surface area contributed by atoms with Crippen LogP contribution in [0.4, 0.5) is 0 Å². The lowest BCUT2D eigenvalue weighted by Gasteiger charge is -2.14. The van der Waals surface area contributed by atoms with Crippen molar-refractivity contribution in [1.29, 1.82) is 0 Å². The van der Waals surface area contributed by atoms with Crippen molar-refractivity contribution in [2.24, 2.45) is 5.11 Å². The van der Waals surface area contributed by atoms with Gasteiger partial charge in [0.25, 0.3) is 0 Å². The zero-order valence-corrected chi connectivity index (χ0v) is 12.2. The van der Waals surface area contributed by atoms with Gasteiger partial charge in [-0.15, -0.1) is 0 Å². The van der Waals surface area contributed by atoms with Crippen molar-refractivity contribution >= 4 is 21.9 Å². The molecule has 0 N–H and O–H groups in total. The smallest absolute Gasteiger partial charge is 0.322 e. The summed E-state index contributed by atoms with van der Waals surface area (Å²) in [5, 5.41) is 3.31. The maximum absolute atomic E-state index is 11.3. The number of alkyl halides is 1. The molecule has 0 fully saturated rings. The summed E-state index contributed by atoms with van der Waals surface area (Å²) in [6.07, 6.45) is 0. The Balaban J connectivity index is 3.26. The van der Waals surface area contributed by atoms with Crippen molar-refractivity contribution in [3.63, 3.8) is 0 Å². The van der Waals surface area contributed by atoms with Crippen LogP contribution in [0.15, 0.2) is 5.11 Å². The van der Waals surface area contributed by atoms with Crippen LogP contribution < -0.4 is 0 Å². The molecule has 18 heavy (non-hydrogen) atoms. The number of azide groups is 1. The van der Waals surface area contributed by atoms with Crippen LogP contribution in [0, 0.1) is 0 Å². The maximum Gasteiger partial charge on any atom is 0.322 e. The molecule has 0 aromatic carbocycles. The van der Waals surface area contributed by atoms with Crippen molar-refractivity contribution in [2.45, 2.75) is 18.2 Å². The summed E-state index contributed by atoms with van der Waals surface area (Å²) in [4.78, 5) is 13.9. The molecular weight excluding hydrogens is 306 g/mol. The lowest BCUT2D eigenvalue weighted by molar-refractivity contribution is -0.147. The molecule has 8 heteroatoms. The lowest BCUT2D eigenvalue weighted by Crippen LogP contribution is -2.27. The third kappa shape index (κ3) is 10.3. The Morgan fingerprint density at radius 3 is 2.33 bits per heavy atom. The lowest BCUT2D eigenvalue weighted by atomic mass is 10.2. The van der Waals surface area contributed by atoms with Crippen LogP contribution in [0.5, 0.6) is 0 Å². The Morgan fingerprint density at radius 2 is 1.78 bits per heavy atom. The van der Waals surface area contributed by atoms with E-state index < -0.39 is 4.32 Å². The highest BCUT2D eigenvalue weighted by Gasteiger charge is 2.24. The normalized spacial score (nSPS) is 10.8. The maximum atomic E-state index is 11.3. The van der Waals surface area contributed by atoms with Crippen molar-refractivity contribution in [3.8, 4) is 0 Å². The van der Waals surface area contributed by atoms with Gasteiger partial charge < -0.3 is 14.2 Å².